The van der Waals surface area contributed by atoms with E-state index in [-0.39, 0.29) is 11.6 Å². The molecule has 0 saturated heterocycles. The molecule has 0 unspecified atom stereocenters. The first-order valence-electron chi connectivity index (χ1n) is 5.92. The number of hydrogen-bond acceptors (Lipinski definition) is 4. The van der Waals surface area contributed by atoms with Crippen LogP contribution in [-0.2, 0) is 6.54 Å². The van der Waals surface area contributed by atoms with Crippen LogP contribution >= 0.6 is 11.3 Å². The predicted molar refractivity (Wildman–Crippen MR) is 74.3 cm³/mol. The third-order valence-corrected chi connectivity index (χ3v) is 3.87. The molecule has 0 amide bonds. The smallest absolute Gasteiger partial charge is 0.209 e. The SMILES string of the molecule is O=C1C=C(NCc2cccs2)C(=O)c2ccccc21. The summed E-state index contributed by atoms with van der Waals surface area (Å²) in [7, 11) is 0. The van der Waals surface area contributed by atoms with Crippen LogP contribution in [0.4, 0.5) is 0 Å². The summed E-state index contributed by atoms with van der Waals surface area (Å²) in [4.78, 5) is 25.3. The number of allylic oxidation sites excluding steroid dienone is 2. The molecule has 1 N–H and O–H groups in total. The molecule has 94 valence electrons. The molecule has 4 heteroatoms. The Morgan fingerprint density at radius 2 is 1.79 bits per heavy atom. The van der Waals surface area contributed by atoms with Crippen molar-refractivity contribution in [1.29, 1.82) is 0 Å². The van der Waals surface area contributed by atoms with Gasteiger partial charge in [-0.15, -0.1) is 11.3 Å². The van der Waals surface area contributed by atoms with E-state index in [1.807, 2.05) is 17.5 Å². The lowest BCUT2D eigenvalue weighted by Gasteiger charge is -2.15. The Morgan fingerprint density at radius 3 is 2.53 bits per heavy atom. The second-order valence-electron chi connectivity index (χ2n) is 4.23. The summed E-state index contributed by atoms with van der Waals surface area (Å²) in [5.41, 5.74) is 1.33. The summed E-state index contributed by atoms with van der Waals surface area (Å²) in [6, 6.07) is 10.9. The van der Waals surface area contributed by atoms with Crippen molar-refractivity contribution in [3.05, 3.63) is 69.6 Å². The van der Waals surface area contributed by atoms with Gasteiger partial charge in [0.15, 0.2) is 5.78 Å². The van der Waals surface area contributed by atoms with Crippen molar-refractivity contribution in [1.82, 2.24) is 5.32 Å². The van der Waals surface area contributed by atoms with Gasteiger partial charge in [0.05, 0.1) is 5.70 Å². The number of rotatable bonds is 3. The van der Waals surface area contributed by atoms with Crippen molar-refractivity contribution >= 4 is 22.9 Å². The quantitative estimate of drug-likeness (QED) is 0.932. The van der Waals surface area contributed by atoms with Crippen molar-refractivity contribution in [2.24, 2.45) is 0 Å². The van der Waals surface area contributed by atoms with Crippen molar-refractivity contribution in [2.75, 3.05) is 0 Å². The van der Waals surface area contributed by atoms with Gasteiger partial charge in [-0.2, -0.15) is 0 Å². The van der Waals surface area contributed by atoms with E-state index in [1.165, 1.54) is 6.08 Å². The Hall–Kier alpha value is -2.20. The first kappa shape index (κ1) is 11.9. The first-order chi connectivity index (χ1) is 9.25. The van der Waals surface area contributed by atoms with Crippen LogP contribution in [-0.4, -0.2) is 11.6 Å². The molecule has 0 radical (unpaired) electrons. The lowest BCUT2D eigenvalue weighted by molar-refractivity contribution is 0.0978. The normalized spacial score (nSPS) is 14.0. The fraction of sp³-hybridized carbons (Fsp3) is 0.0667. The minimum absolute atomic E-state index is 0.119. The van der Waals surface area contributed by atoms with Crippen LogP contribution < -0.4 is 5.32 Å². The van der Waals surface area contributed by atoms with Crippen molar-refractivity contribution < 1.29 is 9.59 Å². The summed E-state index contributed by atoms with van der Waals surface area (Å²) in [6.45, 7) is 0.560. The molecule has 3 nitrogen and oxygen atoms in total. The van der Waals surface area contributed by atoms with E-state index in [9.17, 15) is 9.59 Å². The molecule has 3 rings (SSSR count). The zero-order chi connectivity index (χ0) is 13.2. The zero-order valence-electron chi connectivity index (χ0n) is 10.1. The van der Waals surface area contributed by atoms with Crippen LogP contribution in [0, 0.1) is 0 Å². The lowest BCUT2D eigenvalue weighted by Crippen LogP contribution is -2.26. The molecule has 2 aromatic rings. The third kappa shape index (κ3) is 2.22. The largest absolute Gasteiger partial charge is 0.377 e. The second-order valence-corrected chi connectivity index (χ2v) is 5.26. The van der Waals surface area contributed by atoms with Crippen LogP contribution in [0.3, 0.4) is 0 Å². The van der Waals surface area contributed by atoms with Crippen molar-refractivity contribution in [2.45, 2.75) is 6.54 Å². The number of Topliss-reactive ketones (excluding diaryl/α,β-unsaturated/α-hetero) is 1. The minimum atomic E-state index is -0.121. The standard InChI is InChI=1S/C15H11NO2S/c17-14-8-13(16-9-10-4-3-7-19-10)15(18)12-6-2-1-5-11(12)14/h1-8,16H,9H2. The van der Waals surface area contributed by atoms with Gasteiger partial charge in [-0.05, 0) is 11.4 Å². The molecule has 0 fully saturated rings. The molecule has 1 heterocycles. The van der Waals surface area contributed by atoms with Crippen LogP contribution in [0.1, 0.15) is 25.6 Å². The Kier molecular flexibility index (Phi) is 3.01. The molecule has 1 aliphatic carbocycles. The number of nitrogens with one attached hydrogen (secondary N) is 1. The van der Waals surface area contributed by atoms with Gasteiger partial charge in [0.25, 0.3) is 0 Å². The highest BCUT2D eigenvalue weighted by Gasteiger charge is 2.24. The highest BCUT2D eigenvalue weighted by Crippen LogP contribution is 2.20. The molecule has 0 saturated carbocycles. The predicted octanol–water partition coefficient (Wildman–Crippen LogP) is 2.80. The highest BCUT2D eigenvalue weighted by molar-refractivity contribution is 7.09. The van der Waals surface area contributed by atoms with Gasteiger partial charge < -0.3 is 5.32 Å². The fourth-order valence-corrected chi connectivity index (χ4v) is 2.69. The van der Waals surface area contributed by atoms with E-state index < -0.39 is 0 Å². The highest BCUT2D eigenvalue weighted by atomic mass is 32.1. The van der Waals surface area contributed by atoms with E-state index in [0.717, 1.165) is 4.88 Å². The fourth-order valence-electron chi connectivity index (χ4n) is 2.04. The van der Waals surface area contributed by atoms with E-state index in [4.69, 9.17) is 0 Å². The minimum Gasteiger partial charge on any atom is -0.377 e. The second kappa shape index (κ2) is 4.82. The summed E-state index contributed by atoms with van der Waals surface area (Å²) in [6.07, 6.45) is 1.39. The Balaban J connectivity index is 1.84. The summed E-state index contributed by atoms with van der Waals surface area (Å²) in [5, 5.41) is 5.03. The number of fused-ring (bicyclic) bond motifs is 1. The van der Waals surface area contributed by atoms with Gasteiger partial charge in [0.2, 0.25) is 5.78 Å². The third-order valence-electron chi connectivity index (χ3n) is 2.99. The average Bonchev–Trinajstić information content (AvgIpc) is 2.95. The summed E-state index contributed by atoms with van der Waals surface area (Å²) in [5.74, 6) is -0.240. The number of ketones is 2. The summed E-state index contributed by atoms with van der Waals surface area (Å²) < 4.78 is 0. The van der Waals surface area contributed by atoms with Crippen molar-refractivity contribution in [3.63, 3.8) is 0 Å². The maximum Gasteiger partial charge on any atom is 0.209 e. The number of carbonyl (C=O) groups is 2. The molecule has 19 heavy (non-hydrogen) atoms. The van der Waals surface area contributed by atoms with Gasteiger partial charge in [0.1, 0.15) is 0 Å². The van der Waals surface area contributed by atoms with Gasteiger partial charge in [-0.25, -0.2) is 0 Å². The van der Waals surface area contributed by atoms with Gasteiger partial charge in [0, 0.05) is 28.6 Å². The Morgan fingerprint density at radius 1 is 1.00 bits per heavy atom. The van der Waals surface area contributed by atoms with Crippen LogP contribution in [0.15, 0.2) is 53.6 Å². The van der Waals surface area contributed by atoms with E-state index >= 15 is 0 Å². The van der Waals surface area contributed by atoms with Crippen molar-refractivity contribution in [3.8, 4) is 0 Å². The first-order valence-corrected chi connectivity index (χ1v) is 6.79. The maximum atomic E-state index is 12.2. The Bertz CT molecular complexity index is 671. The zero-order valence-corrected chi connectivity index (χ0v) is 10.9. The van der Waals surface area contributed by atoms with Gasteiger partial charge >= 0.3 is 0 Å². The van der Waals surface area contributed by atoms with Crippen LogP contribution in [0.5, 0.6) is 0 Å². The molecule has 1 aromatic heterocycles. The van der Waals surface area contributed by atoms with E-state index in [2.05, 4.69) is 5.32 Å². The molecule has 1 aromatic carbocycles. The summed E-state index contributed by atoms with van der Waals surface area (Å²) >= 11 is 1.61. The molecule has 0 atom stereocenters. The van der Waals surface area contributed by atoms with Gasteiger partial charge in [-0.3, -0.25) is 9.59 Å². The average molecular weight is 269 g/mol. The van der Waals surface area contributed by atoms with Crippen LogP contribution in [0.25, 0.3) is 0 Å². The lowest BCUT2D eigenvalue weighted by atomic mass is 9.93. The van der Waals surface area contributed by atoms with Crippen LogP contribution in [0.2, 0.25) is 0 Å². The molecule has 0 aliphatic heterocycles. The molecule has 1 aliphatic rings. The van der Waals surface area contributed by atoms with Gasteiger partial charge in [-0.1, -0.05) is 30.3 Å². The number of benzene rings is 1. The molecule has 0 bridgehead atoms. The number of carbonyl (C=O) groups excluding carboxylic acids is 2. The van der Waals surface area contributed by atoms with E-state index in [1.54, 1.807) is 35.6 Å². The number of thiophene rings is 1. The maximum absolute atomic E-state index is 12.2. The number of hydrogen-bond donors (Lipinski definition) is 1. The van der Waals surface area contributed by atoms with E-state index in [0.29, 0.717) is 23.4 Å². The molecular formula is C15H11NO2S. The monoisotopic (exact) mass is 269 g/mol. The molecular weight excluding hydrogens is 258 g/mol. The Labute approximate surface area is 114 Å². The topological polar surface area (TPSA) is 46.2 Å². The molecule has 0 spiro atoms.